The number of hydrogen-bond acceptors (Lipinski definition) is 6. The van der Waals surface area contributed by atoms with Gasteiger partial charge in [-0.1, -0.05) is 24.6 Å². The molecular formula is C30H35FN4O6S. The van der Waals surface area contributed by atoms with Crippen LogP contribution in [0.4, 0.5) is 20.6 Å². The van der Waals surface area contributed by atoms with Crippen LogP contribution in [0, 0.1) is 18.7 Å². The third-order valence-corrected chi connectivity index (χ3v) is 8.54. The fourth-order valence-electron chi connectivity index (χ4n) is 4.54. The summed E-state index contributed by atoms with van der Waals surface area (Å²) in [7, 11) is -2.33. The number of aryl methyl sites for hydroxylation is 1. The molecule has 0 aliphatic carbocycles. The molecular weight excluding hydrogens is 563 g/mol. The van der Waals surface area contributed by atoms with Crippen molar-refractivity contribution in [3.63, 3.8) is 0 Å². The fourth-order valence-corrected chi connectivity index (χ4v) is 5.59. The second-order valence-electron chi connectivity index (χ2n) is 10.6. The second-order valence-corrected chi connectivity index (χ2v) is 12.3. The van der Waals surface area contributed by atoms with Crippen molar-refractivity contribution in [3.05, 3.63) is 83.7 Å². The van der Waals surface area contributed by atoms with Crippen LogP contribution in [-0.4, -0.2) is 74.2 Å². The van der Waals surface area contributed by atoms with Crippen molar-refractivity contribution in [2.24, 2.45) is 5.92 Å². The lowest BCUT2D eigenvalue weighted by atomic mass is 9.99. The number of carbonyl (C=O) groups is 2. The van der Waals surface area contributed by atoms with E-state index in [1.54, 1.807) is 26.1 Å². The first-order valence-electron chi connectivity index (χ1n) is 13.5. The Labute approximate surface area is 245 Å². The van der Waals surface area contributed by atoms with E-state index in [2.05, 4.69) is 10.0 Å². The number of fused-ring (bicyclic) bond motifs is 1. The minimum Gasteiger partial charge on any atom is -0.487 e. The van der Waals surface area contributed by atoms with E-state index in [9.17, 15) is 27.5 Å². The van der Waals surface area contributed by atoms with Crippen LogP contribution >= 0.6 is 0 Å². The van der Waals surface area contributed by atoms with Crippen LogP contribution in [0.5, 0.6) is 5.75 Å². The van der Waals surface area contributed by atoms with Gasteiger partial charge in [-0.2, -0.15) is 0 Å². The van der Waals surface area contributed by atoms with Gasteiger partial charge in [0.25, 0.3) is 15.9 Å². The number of aliphatic hydroxyl groups excluding tert-OH is 1. The number of aliphatic hydroxyl groups is 1. The summed E-state index contributed by atoms with van der Waals surface area (Å²) in [6.45, 7) is 5.54. The van der Waals surface area contributed by atoms with Crippen LogP contribution in [0.25, 0.3) is 0 Å². The normalized spacial score (nSPS) is 17.8. The molecule has 0 saturated carbocycles. The van der Waals surface area contributed by atoms with E-state index in [1.807, 2.05) is 13.8 Å². The first-order chi connectivity index (χ1) is 19.9. The van der Waals surface area contributed by atoms with E-state index in [-0.39, 0.29) is 47.5 Å². The molecule has 224 valence electrons. The van der Waals surface area contributed by atoms with Gasteiger partial charge >= 0.3 is 6.03 Å². The number of rotatable bonds is 8. The molecule has 0 spiro atoms. The summed E-state index contributed by atoms with van der Waals surface area (Å²) in [6.07, 6.45) is -0.565. The molecule has 4 rings (SSSR count). The topological polar surface area (TPSA) is 128 Å². The van der Waals surface area contributed by atoms with Gasteiger partial charge in [-0.15, -0.1) is 0 Å². The molecule has 0 unspecified atom stereocenters. The highest BCUT2D eigenvalue weighted by Gasteiger charge is 2.34. The van der Waals surface area contributed by atoms with E-state index >= 15 is 0 Å². The smallest absolute Gasteiger partial charge is 0.321 e. The number of urea groups is 1. The number of anilines is 2. The van der Waals surface area contributed by atoms with Crippen molar-refractivity contribution in [2.75, 3.05) is 36.8 Å². The molecule has 0 bridgehead atoms. The zero-order valence-electron chi connectivity index (χ0n) is 23.9. The molecule has 3 atom stereocenters. The first-order valence-corrected chi connectivity index (χ1v) is 15.0. The predicted molar refractivity (Wildman–Crippen MR) is 158 cm³/mol. The van der Waals surface area contributed by atoms with Crippen LogP contribution in [0.2, 0.25) is 0 Å². The largest absolute Gasteiger partial charge is 0.487 e. The van der Waals surface area contributed by atoms with Crippen LogP contribution in [0.1, 0.15) is 29.8 Å². The maximum absolute atomic E-state index is 13.7. The number of carbonyl (C=O) groups excluding carboxylic acids is 2. The summed E-state index contributed by atoms with van der Waals surface area (Å²) < 4.78 is 48.1. The van der Waals surface area contributed by atoms with Gasteiger partial charge in [-0.25, -0.2) is 17.6 Å². The Balaban J connectivity index is 1.61. The second kappa shape index (κ2) is 12.8. The Morgan fingerprint density at radius 3 is 2.40 bits per heavy atom. The predicted octanol–water partition coefficient (Wildman–Crippen LogP) is 4.32. The van der Waals surface area contributed by atoms with Gasteiger partial charge in [0, 0.05) is 30.9 Å². The highest BCUT2D eigenvalue weighted by Crippen LogP contribution is 2.31. The molecule has 3 N–H and O–H groups in total. The van der Waals surface area contributed by atoms with Gasteiger partial charge in [-0.3, -0.25) is 9.52 Å². The third kappa shape index (κ3) is 7.18. The standard InChI is InChI=1S/C30H35FN4O6S/c1-19-5-12-25(13-6-19)42(39,40)33-24-11-14-27-26(15-24)29(37)35(21(3)18-36)16-20(2)28(41-27)17-34(4)30(38)32-23-9-7-22(31)8-10-23/h5-15,20-21,28,33,36H,16-18H2,1-4H3,(H,32,38)/t20-,21-,28-/m1/s1. The zero-order chi connectivity index (χ0) is 30.6. The maximum atomic E-state index is 13.7. The van der Waals surface area contributed by atoms with E-state index in [1.165, 1.54) is 64.4 Å². The van der Waals surface area contributed by atoms with Crippen LogP contribution in [0.3, 0.4) is 0 Å². The SMILES string of the molecule is Cc1ccc(S(=O)(=O)Nc2ccc3c(c2)C(=O)N([C@H](C)CO)C[C@@H](C)[C@@H](CN(C)C(=O)Nc2ccc(F)cc2)O3)cc1. The van der Waals surface area contributed by atoms with E-state index in [0.717, 1.165) is 5.56 Å². The molecule has 12 heteroatoms. The molecule has 0 saturated heterocycles. The molecule has 3 aromatic rings. The average Bonchev–Trinajstić information content (AvgIpc) is 2.96. The Morgan fingerprint density at radius 2 is 1.76 bits per heavy atom. The summed E-state index contributed by atoms with van der Waals surface area (Å²) >= 11 is 0. The van der Waals surface area contributed by atoms with Gasteiger partial charge in [0.15, 0.2) is 0 Å². The maximum Gasteiger partial charge on any atom is 0.321 e. The van der Waals surface area contributed by atoms with Crippen LogP contribution in [0.15, 0.2) is 71.6 Å². The highest BCUT2D eigenvalue weighted by atomic mass is 32.2. The number of halogens is 1. The van der Waals surface area contributed by atoms with Crippen LogP contribution < -0.4 is 14.8 Å². The summed E-state index contributed by atoms with van der Waals surface area (Å²) in [5.74, 6) is -0.871. The van der Waals surface area contributed by atoms with Gasteiger partial charge < -0.3 is 25.0 Å². The van der Waals surface area contributed by atoms with Crippen molar-refractivity contribution in [2.45, 2.75) is 37.8 Å². The number of likely N-dealkylation sites (N-methyl/N-ethyl adjacent to an activating group) is 1. The number of nitrogens with one attached hydrogen (secondary N) is 2. The first kappa shape index (κ1) is 30.8. The van der Waals surface area contributed by atoms with E-state index < -0.39 is 39.9 Å². The average molecular weight is 599 g/mol. The molecule has 1 aliphatic heterocycles. The van der Waals surface area contributed by atoms with Gasteiger partial charge in [0.1, 0.15) is 17.7 Å². The number of nitrogens with zero attached hydrogens (tertiary/aromatic N) is 2. The van der Waals surface area contributed by atoms with Crippen molar-refractivity contribution < 1.29 is 32.2 Å². The minimum absolute atomic E-state index is 0.0776. The molecule has 1 aliphatic rings. The van der Waals surface area contributed by atoms with Gasteiger partial charge in [-0.05, 0) is 68.4 Å². The lowest BCUT2D eigenvalue weighted by molar-refractivity contribution is 0.0371. The molecule has 1 heterocycles. The number of sulfonamides is 1. The number of amides is 3. The van der Waals surface area contributed by atoms with Crippen molar-refractivity contribution in [1.82, 2.24) is 9.80 Å². The van der Waals surface area contributed by atoms with Gasteiger partial charge in [0.05, 0.1) is 29.7 Å². The molecule has 0 radical (unpaired) electrons. The Bertz CT molecular complexity index is 1530. The quantitative estimate of drug-likeness (QED) is 0.354. The summed E-state index contributed by atoms with van der Waals surface area (Å²) in [5.41, 5.74) is 1.64. The summed E-state index contributed by atoms with van der Waals surface area (Å²) in [5, 5.41) is 12.6. The zero-order valence-corrected chi connectivity index (χ0v) is 24.7. The van der Waals surface area contributed by atoms with Crippen molar-refractivity contribution in [3.8, 4) is 5.75 Å². The van der Waals surface area contributed by atoms with E-state index in [4.69, 9.17) is 4.74 Å². The van der Waals surface area contributed by atoms with E-state index in [0.29, 0.717) is 5.69 Å². The highest BCUT2D eigenvalue weighted by molar-refractivity contribution is 7.92. The summed E-state index contributed by atoms with van der Waals surface area (Å²) in [6, 6.07) is 15.3. The lowest BCUT2D eigenvalue weighted by Gasteiger charge is -2.38. The Kier molecular flexibility index (Phi) is 9.37. The Morgan fingerprint density at radius 1 is 1.12 bits per heavy atom. The fraction of sp³-hybridized carbons (Fsp3) is 0.333. The molecule has 10 nitrogen and oxygen atoms in total. The monoisotopic (exact) mass is 598 g/mol. The van der Waals surface area contributed by atoms with Gasteiger partial charge in [0.2, 0.25) is 0 Å². The van der Waals surface area contributed by atoms with Crippen molar-refractivity contribution >= 4 is 33.3 Å². The van der Waals surface area contributed by atoms with Crippen molar-refractivity contribution in [1.29, 1.82) is 0 Å². The Hall–Kier alpha value is -4.16. The molecule has 3 aromatic carbocycles. The van der Waals surface area contributed by atoms with Crippen LogP contribution in [-0.2, 0) is 10.0 Å². The number of benzene rings is 3. The molecule has 42 heavy (non-hydrogen) atoms. The molecule has 0 fully saturated rings. The number of hydrogen-bond donors (Lipinski definition) is 3. The number of ether oxygens (including phenoxy) is 1. The molecule has 0 aromatic heterocycles. The lowest BCUT2D eigenvalue weighted by Crippen LogP contribution is -2.50. The molecule has 3 amide bonds. The minimum atomic E-state index is -3.93. The summed E-state index contributed by atoms with van der Waals surface area (Å²) in [4.78, 5) is 29.6. The third-order valence-electron chi connectivity index (χ3n) is 7.14.